The van der Waals surface area contributed by atoms with E-state index in [0.29, 0.717) is 0 Å². The molecule has 0 rings (SSSR count). The van der Waals surface area contributed by atoms with Gasteiger partial charge in [0.2, 0.25) is 0 Å². The van der Waals surface area contributed by atoms with Crippen LogP contribution in [0.15, 0.2) is 0 Å². The lowest BCUT2D eigenvalue weighted by molar-refractivity contribution is -0.262. The van der Waals surface area contributed by atoms with E-state index in [2.05, 4.69) is 11.3 Å². The number of hydrogen-bond donors (Lipinski definition) is 1. The molecule has 0 saturated heterocycles. The summed E-state index contributed by atoms with van der Waals surface area (Å²) in [5.41, 5.74) is 1.51. The van der Waals surface area contributed by atoms with Gasteiger partial charge in [0.05, 0.1) is 0 Å². The highest BCUT2D eigenvalue weighted by molar-refractivity contribution is 5.60. The van der Waals surface area contributed by atoms with Crippen molar-refractivity contribution in [1.29, 1.82) is 0 Å². The first-order valence-electron chi connectivity index (χ1n) is 1.79. The molecule has 0 heterocycles. The Morgan fingerprint density at radius 2 is 2.62 bits per heavy atom. The second-order valence-corrected chi connectivity index (χ2v) is 0.882. The van der Waals surface area contributed by atoms with Crippen molar-refractivity contribution >= 4 is 6.09 Å². The smallest absolute Gasteiger partial charge is 0.159 e. The zero-order valence-corrected chi connectivity index (χ0v) is 4.01. The highest BCUT2D eigenvalue weighted by Gasteiger charge is 1.76. The maximum Gasteiger partial charge on any atom is 0.159 e. The molecule has 0 aliphatic carbocycles. The number of carbonyl (C=O) groups is 1. The van der Waals surface area contributed by atoms with Gasteiger partial charge in [0.25, 0.3) is 0 Å². The lowest BCUT2D eigenvalue weighted by Gasteiger charge is -2.01. The molecule has 0 unspecified atom stereocenters. The Hall–Kier alpha value is -1.21. The van der Waals surface area contributed by atoms with E-state index in [1.807, 2.05) is 5.92 Å². The molecule has 44 valence electrons. The van der Waals surface area contributed by atoms with Crippen molar-refractivity contribution in [3.8, 4) is 12.3 Å². The number of nitrogens with one attached hydrogen (secondary N) is 1. The molecule has 0 fully saturated rings. The standard InChI is InChI=1S/C4H5NO3/c1-2-3-8-5-4(6)7/h1,5H,3H2,(H,6,7)/p-1. The summed E-state index contributed by atoms with van der Waals surface area (Å²) < 4.78 is 0. The normalized spacial score (nSPS) is 7.38. The Bertz CT molecular complexity index is 115. The Morgan fingerprint density at radius 3 is 3.00 bits per heavy atom. The van der Waals surface area contributed by atoms with E-state index in [-0.39, 0.29) is 6.61 Å². The molecule has 0 radical (unpaired) electrons. The van der Waals surface area contributed by atoms with Crippen molar-refractivity contribution in [1.82, 2.24) is 5.48 Å². The fourth-order valence-electron chi connectivity index (χ4n) is 0.137. The first-order valence-corrected chi connectivity index (χ1v) is 1.79. The number of hydrogen-bond acceptors (Lipinski definition) is 3. The van der Waals surface area contributed by atoms with E-state index in [9.17, 15) is 9.90 Å². The van der Waals surface area contributed by atoms with Gasteiger partial charge in [-0.25, -0.2) is 5.48 Å². The molecule has 0 bridgehead atoms. The Balaban J connectivity index is 2.97. The van der Waals surface area contributed by atoms with Crippen molar-refractivity contribution in [3.63, 3.8) is 0 Å². The van der Waals surface area contributed by atoms with Gasteiger partial charge < -0.3 is 9.90 Å². The lowest BCUT2D eigenvalue weighted by atomic mass is 10.8. The first-order chi connectivity index (χ1) is 3.77. The van der Waals surface area contributed by atoms with E-state index in [0.717, 1.165) is 0 Å². The lowest BCUT2D eigenvalue weighted by Crippen LogP contribution is -2.36. The molecule has 8 heavy (non-hydrogen) atoms. The molecule has 0 atom stereocenters. The maximum atomic E-state index is 9.46. The number of amides is 1. The van der Waals surface area contributed by atoms with Crippen LogP contribution in [0.25, 0.3) is 0 Å². The van der Waals surface area contributed by atoms with Crippen LogP contribution in [0.1, 0.15) is 0 Å². The predicted molar refractivity (Wildman–Crippen MR) is 23.3 cm³/mol. The number of carboxylic acid groups (broad SMARTS) is 1. The van der Waals surface area contributed by atoms with Crippen LogP contribution in [0.5, 0.6) is 0 Å². The van der Waals surface area contributed by atoms with Gasteiger partial charge in [-0.05, 0) is 0 Å². The molecular weight excluding hydrogens is 110 g/mol. The van der Waals surface area contributed by atoms with E-state index in [1.54, 1.807) is 0 Å². The van der Waals surface area contributed by atoms with E-state index < -0.39 is 6.09 Å². The van der Waals surface area contributed by atoms with Crippen molar-refractivity contribution in [2.24, 2.45) is 0 Å². The summed E-state index contributed by atoms with van der Waals surface area (Å²) in [6.07, 6.45) is 3.19. The molecule has 0 aromatic heterocycles. The van der Waals surface area contributed by atoms with Gasteiger partial charge in [-0.2, -0.15) is 0 Å². The molecule has 0 saturated carbocycles. The topological polar surface area (TPSA) is 61.4 Å². The molecule has 0 aromatic carbocycles. The third-order valence-electron chi connectivity index (χ3n) is 0.311. The zero-order valence-electron chi connectivity index (χ0n) is 4.01. The van der Waals surface area contributed by atoms with Crippen LogP contribution in [0.3, 0.4) is 0 Å². The van der Waals surface area contributed by atoms with Crippen LogP contribution in [0.4, 0.5) is 4.79 Å². The van der Waals surface area contributed by atoms with Gasteiger partial charge in [-0.1, -0.05) is 5.92 Å². The minimum Gasteiger partial charge on any atom is -0.528 e. The van der Waals surface area contributed by atoms with Crippen LogP contribution < -0.4 is 10.6 Å². The molecule has 4 nitrogen and oxygen atoms in total. The fraction of sp³-hybridized carbons (Fsp3) is 0.250. The summed E-state index contributed by atoms with van der Waals surface area (Å²) in [6, 6.07) is 0. The van der Waals surface area contributed by atoms with Gasteiger partial charge in [0.1, 0.15) is 6.61 Å². The molecule has 0 aliphatic heterocycles. The Morgan fingerprint density at radius 1 is 2.00 bits per heavy atom. The summed E-state index contributed by atoms with van der Waals surface area (Å²) in [4.78, 5) is 13.6. The minimum absolute atomic E-state index is 0.0893. The van der Waals surface area contributed by atoms with Crippen molar-refractivity contribution < 1.29 is 14.7 Å². The SMILES string of the molecule is C#CCONC(=O)[O-]. The quantitative estimate of drug-likeness (QED) is 0.269. The predicted octanol–water partition coefficient (Wildman–Crippen LogP) is -1.52. The highest BCUT2D eigenvalue weighted by atomic mass is 16.7. The average Bonchev–Trinajstić information content (AvgIpc) is 1.66. The summed E-state index contributed by atoms with van der Waals surface area (Å²) in [7, 11) is 0. The summed E-state index contributed by atoms with van der Waals surface area (Å²) in [5, 5.41) is 9.46. The van der Waals surface area contributed by atoms with Crippen molar-refractivity contribution in [3.05, 3.63) is 0 Å². The van der Waals surface area contributed by atoms with Crippen LogP contribution in [-0.2, 0) is 4.84 Å². The van der Waals surface area contributed by atoms with Gasteiger partial charge in [0, 0.05) is 0 Å². The van der Waals surface area contributed by atoms with Gasteiger partial charge in [0.15, 0.2) is 6.09 Å². The number of carbonyl (C=O) groups excluding carboxylic acids is 1. The van der Waals surface area contributed by atoms with Crippen molar-refractivity contribution in [2.75, 3.05) is 6.61 Å². The molecular formula is C4H4NO3-. The van der Waals surface area contributed by atoms with Gasteiger partial charge in [-0.3, -0.25) is 4.84 Å². The van der Waals surface area contributed by atoms with Crippen LogP contribution in [-0.4, -0.2) is 12.7 Å². The fourth-order valence-corrected chi connectivity index (χ4v) is 0.137. The molecule has 0 aromatic rings. The largest absolute Gasteiger partial charge is 0.528 e. The van der Waals surface area contributed by atoms with E-state index in [4.69, 9.17) is 0 Å². The summed E-state index contributed by atoms with van der Waals surface area (Å²) in [6.45, 7) is -0.0893. The number of terminal acetylenes is 1. The summed E-state index contributed by atoms with van der Waals surface area (Å²) in [5.74, 6) is 2.05. The number of hydroxylamine groups is 1. The Labute approximate surface area is 46.4 Å². The molecule has 1 amide bonds. The second-order valence-electron chi connectivity index (χ2n) is 0.882. The highest BCUT2D eigenvalue weighted by Crippen LogP contribution is 1.60. The van der Waals surface area contributed by atoms with Crippen molar-refractivity contribution in [2.45, 2.75) is 0 Å². The number of rotatable bonds is 2. The third kappa shape index (κ3) is 4.79. The average molecular weight is 114 g/mol. The van der Waals surface area contributed by atoms with Crippen LogP contribution in [0, 0.1) is 12.3 Å². The van der Waals surface area contributed by atoms with Gasteiger partial charge in [-0.15, -0.1) is 6.42 Å². The minimum atomic E-state index is -1.50. The maximum absolute atomic E-state index is 9.46. The third-order valence-corrected chi connectivity index (χ3v) is 0.311. The molecule has 0 aliphatic rings. The second kappa shape index (κ2) is 3.96. The van der Waals surface area contributed by atoms with Crippen LogP contribution in [0.2, 0.25) is 0 Å². The molecule has 1 N–H and O–H groups in total. The first kappa shape index (κ1) is 6.79. The van der Waals surface area contributed by atoms with E-state index in [1.165, 1.54) is 5.48 Å². The monoisotopic (exact) mass is 114 g/mol. The molecule has 4 heteroatoms. The van der Waals surface area contributed by atoms with Gasteiger partial charge >= 0.3 is 0 Å². The van der Waals surface area contributed by atoms with E-state index >= 15 is 0 Å². The summed E-state index contributed by atoms with van der Waals surface area (Å²) >= 11 is 0. The molecule has 0 spiro atoms. The zero-order chi connectivity index (χ0) is 6.41. The van der Waals surface area contributed by atoms with Crippen LogP contribution >= 0.6 is 0 Å². The Kier molecular flexibility index (Phi) is 3.36.